The van der Waals surface area contributed by atoms with Crippen LogP contribution in [0, 0.1) is 0 Å². The zero-order chi connectivity index (χ0) is 19.7. The van der Waals surface area contributed by atoms with E-state index in [-0.39, 0.29) is 11.2 Å². The molecule has 4 rings (SSSR count). The van der Waals surface area contributed by atoms with Crippen LogP contribution in [-0.2, 0) is 5.41 Å². The normalized spacial score (nSPS) is 17.9. The van der Waals surface area contributed by atoms with Crippen molar-refractivity contribution in [1.29, 1.82) is 0 Å². The number of carbonyl (C=O) groups is 1. The summed E-state index contributed by atoms with van der Waals surface area (Å²) in [5.74, 6) is 0.664. The number of para-hydroxylation sites is 1. The summed E-state index contributed by atoms with van der Waals surface area (Å²) in [6, 6.07) is 25.8. The maximum absolute atomic E-state index is 13.3. The number of fused-ring (bicyclic) bond motifs is 1. The molecule has 3 aromatic rings. The molecule has 0 radical (unpaired) electrons. The second-order valence-corrected chi connectivity index (χ2v) is 8.21. The Kier molecular flexibility index (Phi) is 4.64. The van der Waals surface area contributed by atoms with Crippen LogP contribution >= 0.6 is 0 Å². The van der Waals surface area contributed by atoms with Gasteiger partial charge in [0, 0.05) is 5.57 Å². The molecule has 0 aromatic heterocycles. The first-order valence-electron chi connectivity index (χ1n) is 9.61. The van der Waals surface area contributed by atoms with Gasteiger partial charge in [0.2, 0.25) is 0 Å². The summed E-state index contributed by atoms with van der Waals surface area (Å²) in [7, 11) is 0. The largest absolute Gasteiger partial charge is 0.480 e. The van der Waals surface area contributed by atoms with Crippen LogP contribution in [0.15, 0.2) is 84.4 Å². The van der Waals surface area contributed by atoms with Gasteiger partial charge in [-0.15, -0.1) is 0 Å². The van der Waals surface area contributed by atoms with Gasteiger partial charge in [-0.2, -0.15) is 0 Å². The highest BCUT2D eigenvalue weighted by atomic mass is 16.5. The lowest BCUT2D eigenvalue weighted by atomic mass is 9.86. The van der Waals surface area contributed by atoms with E-state index < -0.39 is 6.10 Å². The molecule has 1 unspecified atom stereocenters. The summed E-state index contributed by atoms with van der Waals surface area (Å²) in [6.45, 7) is 6.59. The SMILES string of the molecule is CC(C)(C)c1ccc(/C=C2\C(=O)c3ccccc3OC2c2ccccc2)cc1. The van der Waals surface area contributed by atoms with Gasteiger partial charge in [0.25, 0.3) is 0 Å². The topological polar surface area (TPSA) is 26.3 Å². The Hall–Kier alpha value is -3.13. The van der Waals surface area contributed by atoms with Crippen LogP contribution in [0.2, 0.25) is 0 Å². The molecular weight excluding hydrogens is 344 g/mol. The molecule has 2 nitrogen and oxygen atoms in total. The second kappa shape index (κ2) is 7.12. The zero-order valence-corrected chi connectivity index (χ0v) is 16.5. The maximum atomic E-state index is 13.3. The monoisotopic (exact) mass is 368 g/mol. The van der Waals surface area contributed by atoms with E-state index in [0.29, 0.717) is 16.9 Å². The van der Waals surface area contributed by atoms with Gasteiger partial charge in [0.1, 0.15) is 5.75 Å². The molecule has 1 heterocycles. The summed E-state index contributed by atoms with van der Waals surface area (Å²) in [6.07, 6.45) is 1.55. The molecule has 0 spiro atoms. The highest BCUT2D eigenvalue weighted by Gasteiger charge is 2.32. The van der Waals surface area contributed by atoms with Crippen LogP contribution < -0.4 is 4.74 Å². The van der Waals surface area contributed by atoms with Gasteiger partial charge < -0.3 is 4.74 Å². The molecule has 1 aliphatic heterocycles. The van der Waals surface area contributed by atoms with E-state index in [2.05, 4.69) is 45.0 Å². The molecule has 1 aliphatic rings. The van der Waals surface area contributed by atoms with E-state index in [4.69, 9.17) is 4.74 Å². The first-order valence-corrected chi connectivity index (χ1v) is 9.61. The van der Waals surface area contributed by atoms with Gasteiger partial charge in [0.05, 0.1) is 5.56 Å². The van der Waals surface area contributed by atoms with Crippen LogP contribution in [-0.4, -0.2) is 5.78 Å². The van der Waals surface area contributed by atoms with Crippen molar-refractivity contribution in [3.63, 3.8) is 0 Å². The predicted molar refractivity (Wildman–Crippen MR) is 114 cm³/mol. The summed E-state index contributed by atoms with van der Waals surface area (Å²) in [5, 5.41) is 0. The summed E-state index contributed by atoms with van der Waals surface area (Å²) in [5.41, 5.74) is 4.62. The van der Waals surface area contributed by atoms with Crippen molar-refractivity contribution in [2.45, 2.75) is 32.3 Å². The van der Waals surface area contributed by atoms with E-state index in [9.17, 15) is 4.79 Å². The number of carbonyl (C=O) groups excluding carboxylic acids is 1. The molecule has 0 aliphatic carbocycles. The molecule has 0 amide bonds. The van der Waals surface area contributed by atoms with Crippen molar-refractivity contribution < 1.29 is 9.53 Å². The van der Waals surface area contributed by atoms with Crippen LogP contribution in [0.4, 0.5) is 0 Å². The summed E-state index contributed by atoms with van der Waals surface area (Å²) in [4.78, 5) is 13.3. The Morgan fingerprint density at radius 3 is 2.14 bits per heavy atom. The average molecular weight is 368 g/mol. The van der Waals surface area contributed by atoms with Gasteiger partial charge >= 0.3 is 0 Å². The van der Waals surface area contributed by atoms with E-state index in [1.165, 1.54) is 5.56 Å². The van der Waals surface area contributed by atoms with E-state index in [1.807, 2.05) is 60.7 Å². The molecule has 0 N–H and O–H groups in total. The molecule has 3 aromatic carbocycles. The first kappa shape index (κ1) is 18.2. The molecule has 0 bridgehead atoms. The minimum absolute atomic E-state index is 0.0237. The Morgan fingerprint density at radius 2 is 1.46 bits per heavy atom. The van der Waals surface area contributed by atoms with Gasteiger partial charge in [-0.1, -0.05) is 87.5 Å². The minimum atomic E-state index is -0.411. The van der Waals surface area contributed by atoms with Crippen molar-refractivity contribution in [3.05, 3.63) is 107 Å². The molecule has 28 heavy (non-hydrogen) atoms. The number of rotatable bonds is 2. The third kappa shape index (κ3) is 3.50. The number of benzene rings is 3. The van der Waals surface area contributed by atoms with Gasteiger partial charge in [0.15, 0.2) is 11.9 Å². The van der Waals surface area contributed by atoms with Crippen molar-refractivity contribution in [2.24, 2.45) is 0 Å². The molecule has 0 saturated heterocycles. The quantitative estimate of drug-likeness (QED) is 0.490. The Bertz CT molecular complexity index is 1020. The lowest BCUT2D eigenvalue weighted by Gasteiger charge is -2.28. The van der Waals surface area contributed by atoms with Crippen molar-refractivity contribution in [3.8, 4) is 5.75 Å². The number of hydrogen-bond donors (Lipinski definition) is 0. The third-order valence-electron chi connectivity index (χ3n) is 5.12. The first-order chi connectivity index (χ1) is 13.4. The zero-order valence-electron chi connectivity index (χ0n) is 16.5. The standard InChI is InChI=1S/C26H24O2/c1-26(2,3)20-15-13-18(14-16-20)17-22-24(27)21-11-7-8-12-23(21)28-25(22)19-9-5-4-6-10-19/h4-17,25H,1-3H3/b22-17+. The Morgan fingerprint density at radius 1 is 0.821 bits per heavy atom. The molecule has 2 heteroatoms. The number of ether oxygens (including phenoxy) is 1. The number of ketones is 1. The van der Waals surface area contributed by atoms with Gasteiger partial charge in [-0.05, 0) is 40.3 Å². The Balaban J connectivity index is 1.79. The van der Waals surface area contributed by atoms with E-state index in [1.54, 1.807) is 0 Å². The lowest BCUT2D eigenvalue weighted by Crippen LogP contribution is -2.23. The van der Waals surface area contributed by atoms with Crippen LogP contribution in [0.3, 0.4) is 0 Å². The van der Waals surface area contributed by atoms with Crippen LogP contribution in [0.5, 0.6) is 5.75 Å². The predicted octanol–water partition coefficient (Wildman–Crippen LogP) is 6.38. The second-order valence-electron chi connectivity index (χ2n) is 8.21. The highest BCUT2D eigenvalue weighted by molar-refractivity contribution is 6.14. The number of Topliss-reactive ketones (excluding diaryl/α,β-unsaturated/α-hetero) is 1. The highest BCUT2D eigenvalue weighted by Crippen LogP contribution is 2.39. The van der Waals surface area contributed by atoms with Crippen molar-refractivity contribution >= 4 is 11.9 Å². The molecule has 1 atom stereocenters. The smallest absolute Gasteiger partial charge is 0.196 e. The van der Waals surface area contributed by atoms with E-state index in [0.717, 1.165) is 11.1 Å². The minimum Gasteiger partial charge on any atom is -0.480 e. The van der Waals surface area contributed by atoms with Crippen LogP contribution in [0.1, 0.15) is 53.9 Å². The van der Waals surface area contributed by atoms with Gasteiger partial charge in [-0.25, -0.2) is 0 Å². The molecule has 0 saturated carbocycles. The number of hydrogen-bond acceptors (Lipinski definition) is 2. The van der Waals surface area contributed by atoms with Crippen molar-refractivity contribution in [1.82, 2.24) is 0 Å². The van der Waals surface area contributed by atoms with Gasteiger partial charge in [-0.3, -0.25) is 4.79 Å². The molecule has 140 valence electrons. The van der Waals surface area contributed by atoms with Crippen LogP contribution in [0.25, 0.3) is 6.08 Å². The molecule has 0 fully saturated rings. The average Bonchev–Trinajstić information content (AvgIpc) is 2.70. The van der Waals surface area contributed by atoms with Crippen molar-refractivity contribution in [2.75, 3.05) is 0 Å². The third-order valence-corrected chi connectivity index (χ3v) is 5.12. The van der Waals surface area contributed by atoms with E-state index >= 15 is 0 Å². The Labute approximate surface area is 166 Å². The fourth-order valence-electron chi connectivity index (χ4n) is 3.50. The lowest BCUT2D eigenvalue weighted by molar-refractivity contribution is 0.0963. The maximum Gasteiger partial charge on any atom is 0.196 e. The fourth-order valence-corrected chi connectivity index (χ4v) is 3.50. The molecular formula is C26H24O2. The summed E-state index contributed by atoms with van der Waals surface area (Å²) < 4.78 is 6.26. The summed E-state index contributed by atoms with van der Waals surface area (Å²) >= 11 is 0. The fraction of sp³-hybridized carbons (Fsp3) is 0.192.